The molecule has 1 aliphatic heterocycles. The first-order valence-corrected chi connectivity index (χ1v) is 9.91. The highest BCUT2D eigenvalue weighted by Gasteiger charge is 2.39. The van der Waals surface area contributed by atoms with Crippen LogP contribution in [0.25, 0.3) is 5.52 Å². The lowest BCUT2D eigenvalue weighted by atomic mass is 9.99. The number of nitrogens with one attached hydrogen (secondary N) is 1. The van der Waals surface area contributed by atoms with E-state index in [1.165, 1.54) is 24.4 Å². The van der Waals surface area contributed by atoms with Crippen LogP contribution < -0.4 is 0 Å². The van der Waals surface area contributed by atoms with E-state index in [1.807, 2.05) is 0 Å². The Labute approximate surface area is 176 Å². The number of aliphatic hydroxyl groups is 1. The highest BCUT2D eigenvalue weighted by atomic mass is 19.1. The Morgan fingerprint density at radius 2 is 2.23 bits per heavy atom. The third-order valence-corrected chi connectivity index (χ3v) is 5.45. The number of oxazole rings is 1. The molecule has 31 heavy (non-hydrogen) atoms. The van der Waals surface area contributed by atoms with Gasteiger partial charge in [-0.05, 0) is 39.0 Å². The molecule has 1 amide bonds. The van der Waals surface area contributed by atoms with Crippen LogP contribution in [0.15, 0.2) is 35.1 Å². The lowest BCUT2D eigenvalue weighted by molar-refractivity contribution is 0.0440. The van der Waals surface area contributed by atoms with E-state index in [9.17, 15) is 14.3 Å². The van der Waals surface area contributed by atoms with Gasteiger partial charge in [0.05, 0.1) is 23.4 Å². The molecule has 0 aliphatic carbocycles. The molecule has 0 saturated heterocycles. The summed E-state index contributed by atoms with van der Waals surface area (Å²) in [5.74, 6) is -0.678. The number of rotatable bonds is 3. The van der Waals surface area contributed by atoms with Gasteiger partial charge in [-0.1, -0.05) is 0 Å². The minimum Gasteiger partial charge on any atom is -0.432 e. The van der Waals surface area contributed by atoms with E-state index in [4.69, 9.17) is 4.42 Å². The zero-order valence-electron chi connectivity index (χ0n) is 17.3. The second-order valence-electron chi connectivity index (χ2n) is 8.17. The highest BCUT2D eigenvalue weighted by Crippen LogP contribution is 2.35. The average Bonchev–Trinajstić information content (AvgIpc) is 3.44. The first kappa shape index (κ1) is 19.4. The van der Waals surface area contributed by atoms with Crippen molar-refractivity contribution in [3.63, 3.8) is 0 Å². The molecular formula is C21H21FN6O3. The molecule has 10 heteroatoms. The van der Waals surface area contributed by atoms with Gasteiger partial charge in [0.25, 0.3) is 5.91 Å². The van der Waals surface area contributed by atoms with Gasteiger partial charge >= 0.3 is 0 Å². The number of hydrogen-bond donors (Lipinski definition) is 2. The largest absolute Gasteiger partial charge is 0.432 e. The van der Waals surface area contributed by atoms with Crippen molar-refractivity contribution in [1.82, 2.24) is 29.5 Å². The van der Waals surface area contributed by atoms with E-state index in [0.29, 0.717) is 35.6 Å². The summed E-state index contributed by atoms with van der Waals surface area (Å²) in [4.78, 5) is 26.9. The number of imidazole rings is 1. The molecule has 0 aromatic carbocycles. The molecule has 9 nitrogen and oxygen atoms in total. The topological polar surface area (TPSA) is 113 Å². The van der Waals surface area contributed by atoms with Crippen LogP contribution >= 0.6 is 0 Å². The number of amides is 1. The van der Waals surface area contributed by atoms with E-state index >= 15 is 0 Å². The van der Waals surface area contributed by atoms with Crippen molar-refractivity contribution in [2.75, 3.05) is 6.54 Å². The molecule has 0 saturated carbocycles. The summed E-state index contributed by atoms with van der Waals surface area (Å²) in [7, 11) is 0. The molecule has 160 valence electrons. The first-order chi connectivity index (χ1) is 14.7. The van der Waals surface area contributed by atoms with Crippen molar-refractivity contribution in [2.24, 2.45) is 0 Å². The van der Waals surface area contributed by atoms with E-state index in [1.54, 1.807) is 36.5 Å². The van der Waals surface area contributed by atoms with Crippen molar-refractivity contribution < 1.29 is 18.7 Å². The standard InChI is InChI=1S/C21H21FN6O3/c1-11-18(31-20(25-11)21(2,3)30)19(29)27-8-6-13-16(24-10-23-13)17(27)14-9-15-12(22)5-4-7-28(15)26-14/h4-5,7,9-10,17,30H,6,8H2,1-3H3,(H,23,24). The molecule has 1 atom stereocenters. The van der Waals surface area contributed by atoms with Gasteiger partial charge in [0.1, 0.15) is 23.0 Å². The number of pyridine rings is 1. The van der Waals surface area contributed by atoms with Crippen molar-refractivity contribution in [1.29, 1.82) is 0 Å². The molecule has 5 heterocycles. The molecule has 0 spiro atoms. The van der Waals surface area contributed by atoms with Gasteiger partial charge in [0.15, 0.2) is 0 Å². The van der Waals surface area contributed by atoms with Gasteiger partial charge in [-0.2, -0.15) is 5.10 Å². The molecule has 5 rings (SSSR count). The summed E-state index contributed by atoms with van der Waals surface area (Å²) in [5, 5.41) is 14.7. The fourth-order valence-corrected chi connectivity index (χ4v) is 3.92. The molecule has 1 unspecified atom stereocenters. The van der Waals surface area contributed by atoms with E-state index in [2.05, 4.69) is 20.1 Å². The smallest absolute Gasteiger partial charge is 0.292 e. The van der Waals surface area contributed by atoms with Crippen molar-refractivity contribution in [2.45, 2.75) is 38.8 Å². The number of aromatic nitrogens is 5. The predicted molar refractivity (Wildman–Crippen MR) is 107 cm³/mol. The van der Waals surface area contributed by atoms with Gasteiger partial charge in [0, 0.05) is 24.9 Å². The minimum absolute atomic E-state index is 0.0519. The Hall–Kier alpha value is -3.53. The molecule has 4 aromatic rings. The van der Waals surface area contributed by atoms with E-state index in [-0.39, 0.29) is 11.7 Å². The SMILES string of the molecule is Cc1nc(C(C)(C)O)oc1C(=O)N1CCc2[nH]cnc2C1c1cc2c(F)cccn2n1. The summed E-state index contributed by atoms with van der Waals surface area (Å²) < 4.78 is 21.4. The number of aryl methyl sites for hydroxylation is 1. The van der Waals surface area contributed by atoms with Gasteiger partial charge in [-0.15, -0.1) is 0 Å². The summed E-state index contributed by atoms with van der Waals surface area (Å²) in [6.07, 6.45) is 3.80. The van der Waals surface area contributed by atoms with Gasteiger partial charge in [-0.3, -0.25) is 4.79 Å². The van der Waals surface area contributed by atoms with Crippen LogP contribution in [0.3, 0.4) is 0 Å². The predicted octanol–water partition coefficient (Wildman–Crippen LogP) is 2.51. The summed E-state index contributed by atoms with van der Waals surface area (Å²) >= 11 is 0. The normalized spacial score (nSPS) is 16.7. The number of carbonyl (C=O) groups excluding carboxylic acids is 1. The third-order valence-electron chi connectivity index (χ3n) is 5.45. The quantitative estimate of drug-likeness (QED) is 0.523. The number of aromatic amines is 1. The van der Waals surface area contributed by atoms with Gasteiger partial charge in [-0.25, -0.2) is 18.9 Å². The highest BCUT2D eigenvalue weighted by molar-refractivity contribution is 5.93. The molecule has 0 radical (unpaired) electrons. The second-order valence-corrected chi connectivity index (χ2v) is 8.17. The molecule has 0 fully saturated rings. The van der Waals surface area contributed by atoms with Crippen molar-refractivity contribution in [3.8, 4) is 0 Å². The second kappa shape index (κ2) is 6.74. The Bertz CT molecular complexity index is 1300. The Morgan fingerprint density at radius 3 is 2.94 bits per heavy atom. The Kier molecular flexibility index (Phi) is 4.23. The van der Waals surface area contributed by atoms with Gasteiger partial charge < -0.3 is 19.4 Å². The van der Waals surface area contributed by atoms with Crippen LogP contribution in [0.1, 0.15) is 59.1 Å². The maximum absolute atomic E-state index is 14.3. The number of H-pyrrole nitrogens is 1. The minimum atomic E-state index is -1.32. The number of carbonyl (C=O) groups is 1. The fraction of sp³-hybridized carbons (Fsp3) is 0.333. The number of fused-ring (bicyclic) bond motifs is 2. The van der Waals surface area contributed by atoms with Crippen LogP contribution in [0.5, 0.6) is 0 Å². The van der Waals surface area contributed by atoms with Crippen LogP contribution in [0.4, 0.5) is 4.39 Å². The van der Waals surface area contributed by atoms with Crippen LogP contribution in [0.2, 0.25) is 0 Å². The summed E-state index contributed by atoms with van der Waals surface area (Å²) in [5.41, 5.74) is 1.43. The van der Waals surface area contributed by atoms with E-state index < -0.39 is 23.4 Å². The molecule has 0 bridgehead atoms. The zero-order chi connectivity index (χ0) is 21.9. The van der Waals surface area contributed by atoms with Crippen molar-refractivity contribution >= 4 is 11.4 Å². The molecule has 4 aromatic heterocycles. The number of halogens is 1. The van der Waals surface area contributed by atoms with Gasteiger partial charge in [0.2, 0.25) is 11.7 Å². The molecule has 2 N–H and O–H groups in total. The molecule has 1 aliphatic rings. The lowest BCUT2D eigenvalue weighted by Crippen LogP contribution is -2.41. The first-order valence-electron chi connectivity index (χ1n) is 9.91. The lowest BCUT2D eigenvalue weighted by Gasteiger charge is -2.33. The average molecular weight is 424 g/mol. The maximum Gasteiger partial charge on any atom is 0.292 e. The fourth-order valence-electron chi connectivity index (χ4n) is 3.92. The Balaban J connectivity index is 1.61. The summed E-state index contributed by atoms with van der Waals surface area (Å²) in [6, 6.07) is 3.93. The van der Waals surface area contributed by atoms with Crippen LogP contribution in [0, 0.1) is 12.7 Å². The zero-order valence-corrected chi connectivity index (χ0v) is 17.3. The number of hydrogen-bond acceptors (Lipinski definition) is 6. The Morgan fingerprint density at radius 1 is 1.42 bits per heavy atom. The monoisotopic (exact) mass is 424 g/mol. The summed E-state index contributed by atoms with van der Waals surface area (Å²) in [6.45, 7) is 5.12. The maximum atomic E-state index is 14.3. The van der Waals surface area contributed by atoms with Crippen LogP contribution in [-0.4, -0.2) is 47.0 Å². The van der Waals surface area contributed by atoms with E-state index in [0.717, 1.165) is 5.69 Å². The van der Waals surface area contributed by atoms with Crippen molar-refractivity contribution in [3.05, 3.63) is 71.0 Å². The number of nitrogens with zero attached hydrogens (tertiary/aromatic N) is 5. The van der Waals surface area contributed by atoms with Crippen LogP contribution in [-0.2, 0) is 12.0 Å². The molecular weight excluding hydrogens is 403 g/mol. The third kappa shape index (κ3) is 3.10.